The average Bonchev–Trinajstić information content (AvgIpc) is 3.04. The predicted octanol–water partition coefficient (Wildman–Crippen LogP) is 3.93. The van der Waals surface area contributed by atoms with E-state index in [4.69, 9.17) is 9.15 Å². The van der Waals surface area contributed by atoms with E-state index in [0.29, 0.717) is 34.2 Å². The van der Waals surface area contributed by atoms with Crippen LogP contribution in [-0.4, -0.2) is 24.0 Å². The molecular formula is C21H20N2O4. The Labute approximate surface area is 157 Å². The zero-order valence-electron chi connectivity index (χ0n) is 15.4. The van der Waals surface area contributed by atoms with Gasteiger partial charge in [0.25, 0.3) is 0 Å². The summed E-state index contributed by atoms with van der Waals surface area (Å²) in [5.74, 6) is 0.406. The smallest absolute Gasteiger partial charge is 0.338 e. The van der Waals surface area contributed by atoms with Gasteiger partial charge < -0.3 is 14.5 Å². The molecule has 0 aliphatic heterocycles. The maximum Gasteiger partial charge on any atom is 0.338 e. The summed E-state index contributed by atoms with van der Waals surface area (Å²) >= 11 is 0. The normalized spacial score (nSPS) is 10.5. The minimum Gasteiger partial charge on any atom is -0.465 e. The number of aryl methyl sites for hydroxylation is 1. The van der Waals surface area contributed by atoms with E-state index in [-0.39, 0.29) is 12.3 Å². The van der Waals surface area contributed by atoms with E-state index < -0.39 is 5.97 Å². The molecule has 0 aliphatic carbocycles. The van der Waals surface area contributed by atoms with E-state index in [1.165, 1.54) is 7.11 Å². The summed E-state index contributed by atoms with van der Waals surface area (Å²) in [7, 11) is 1.32. The summed E-state index contributed by atoms with van der Waals surface area (Å²) in [6.07, 6.45) is 0.0735. The van der Waals surface area contributed by atoms with Gasteiger partial charge in [0.2, 0.25) is 11.8 Å². The molecule has 3 rings (SSSR count). The molecule has 0 bridgehead atoms. The van der Waals surface area contributed by atoms with E-state index in [0.717, 1.165) is 5.56 Å². The number of nitrogens with zero attached hydrogens (tertiary/aromatic N) is 1. The van der Waals surface area contributed by atoms with Crippen LogP contribution in [0.2, 0.25) is 0 Å². The van der Waals surface area contributed by atoms with Gasteiger partial charge in [-0.3, -0.25) is 4.79 Å². The number of oxazole rings is 1. The molecule has 3 aromatic rings. The lowest BCUT2D eigenvalue weighted by atomic mass is 10.1. The van der Waals surface area contributed by atoms with Crippen LogP contribution in [0.25, 0.3) is 11.5 Å². The van der Waals surface area contributed by atoms with Gasteiger partial charge in [0, 0.05) is 11.3 Å². The zero-order chi connectivity index (χ0) is 19.4. The highest BCUT2D eigenvalue weighted by Gasteiger charge is 2.17. The van der Waals surface area contributed by atoms with Crippen LogP contribution in [0.4, 0.5) is 5.69 Å². The van der Waals surface area contributed by atoms with E-state index in [1.54, 1.807) is 32.0 Å². The Morgan fingerprint density at radius 2 is 1.81 bits per heavy atom. The average molecular weight is 364 g/mol. The van der Waals surface area contributed by atoms with Crippen molar-refractivity contribution in [3.8, 4) is 11.5 Å². The van der Waals surface area contributed by atoms with Crippen molar-refractivity contribution >= 4 is 17.6 Å². The van der Waals surface area contributed by atoms with E-state index in [2.05, 4.69) is 10.3 Å². The molecule has 1 aromatic heterocycles. The first kappa shape index (κ1) is 18.4. The minimum atomic E-state index is -0.441. The van der Waals surface area contributed by atoms with Crippen LogP contribution >= 0.6 is 0 Å². The molecule has 0 saturated heterocycles. The van der Waals surface area contributed by atoms with E-state index in [1.807, 2.05) is 30.3 Å². The van der Waals surface area contributed by atoms with Gasteiger partial charge in [-0.1, -0.05) is 24.3 Å². The summed E-state index contributed by atoms with van der Waals surface area (Å²) in [6, 6.07) is 14.6. The topological polar surface area (TPSA) is 81.4 Å². The maximum absolute atomic E-state index is 12.5. The van der Waals surface area contributed by atoms with Crippen LogP contribution in [0, 0.1) is 13.8 Å². The fraction of sp³-hybridized carbons (Fsp3) is 0.190. The molecule has 0 unspecified atom stereocenters. The molecule has 2 aromatic carbocycles. The highest BCUT2D eigenvalue weighted by molar-refractivity contribution is 5.97. The molecule has 0 atom stereocenters. The Kier molecular flexibility index (Phi) is 5.35. The van der Waals surface area contributed by atoms with Crippen molar-refractivity contribution in [2.45, 2.75) is 20.3 Å². The van der Waals surface area contributed by atoms with Gasteiger partial charge in [0.1, 0.15) is 5.76 Å². The molecular weight excluding hydrogens is 344 g/mol. The molecule has 0 spiro atoms. The van der Waals surface area contributed by atoms with Gasteiger partial charge >= 0.3 is 5.97 Å². The van der Waals surface area contributed by atoms with Crippen LogP contribution in [0.5, 0.6) is 0 Å². The molecule has 6 nitrogen and oxygen atoms in total. The Hall–Kier alpha value is -3.41. The Balaban J connectivity index is 1.76. The third-order valence-electron chi connectivity index (χ3n) is 4.25. The largest absolute Gasteiger partial charge is 0.465 e. The lowest BCUT2D eigenvalue weighted by Crippen LogP contribution is -2.17. The van der Waals surface area contributed by atoms with Crippen LogP contribution < -0.4 is 5.32 Å². The van der Waals surface area contributed by atoms with E-state index in [9.17, 15) is 9.59 Å². The number of hydrogen-bond acceptors (Lipinski definition) is 5. The monoisotopic (exact) mass is 364 g/mol. The van der Waals surface area contributed by atoms with Gasteiger partial charge in [-0.05, 0) is 43.7 Å². The Morgan fingerprint density at radius 1 is 1.07 bits per heavy atom. The van der Waals surface area contributed by atoms with Gasteiger partial charge in [-0.2, -0.15) is 0 Å². The molecule has 0 saturated carbocycles. The van der Waals surface area contributed by atoms with Crippen LogP contribution in [-0.2, 0) is 16.0 Å². The standard InChI is InChI=1S/C21H20N2O4/c1-13-16(21(25)26-3)10-7-11-17(13)22-19(24)12-18-14(2)27-20(23-18)15-8-5-4-6-9-15/h4-11H,12H2,1-3H3,(H,22,24). The molecule has 6 heteroatoms. The second kappa shape index (κ2) is 7.86. The minimum absolute atomic E-state index is 0.0735. The number of aromatic nitrogens is 1. The summed E-state index contributed by atoms with van der Waals surface area (Å²) in [5, 5.41) is 2.83. The predicted molar refractivity (Wildman–Crippen MR) is 102 cm³/mol. The number of anilines is 1. The van der Waals surface area contributed by atoms with Crippen LogP contribution in [0.3, 0.4) is 0 Å². The van der Waals surface area contributed by atoms with Crippen molar-refractivity contribution in [3.63, 3.8) is 0 Å². The SMILES string of the molecule is COC(=O)c1cccc(NC(=O)Cc2nc(-c3ccccc3)oc2C)c1C. The molecule has 27 heavy (non-hydrogen) atoms. The number of amides is 1. The van der Waals surface area contributed by atoms with Gasteiger partial charge in [0.15, 0.2) is 0 Å². The molecule has 138 valence electrons. The lowest BCUT2D eigenvalue weighted by Gasteiger charge is -2.11. The second-order valence-electron chi connectivity index (χ2n) is 6.08. The maximum atomic E-state index is 12.5. The number of benzene rings is 2. The van der Waals surface area contributed by atoms with Crippen molar-refractivity contribution in [1.82, 2.24) is 4.98 Å². The number of esters is 1. The van der Waals surface area contributed by atoms with Crippen molar-refractivity contribution in [1.29, 1.82) is 0 Å². The van der Waals surface area contributed by atoms with Gasteiger partial charge in [0.05, 0.1) is 24.8 Å². The quantitative estimate of drug-likeness (QED) is 0.694. The van der Waals surface area contributed by atoms with Crippen LogP contribution in [0.15, 0.2) is 52.9 Å². The zero-order valence-corrected chi connectivity index (χ0v) is 15.4. The number of carbonyl (C=O) groups is 2. The molecule has 0 radical (unpaired) electrons. The number of methoxy groups -OCH3 is 1. The van der Waals surface area contributed by atoms with Crippen molar-refractivity contribution in [2.24, 2.45) is 0 Å². The Bertz CT molecular complexity index is 977. The molecule has 0 aliphatic rings. The number of ether oxygens (including phenoxy) is 1. The molecule has 1 heterocycles. The number of rotatable bonds is 5. The summed E-state index contributed by atoms with van der Waals surface area (Å²) in [4.78, 5) is 28.7. The fourth-order valence-electron chi connectivity index (χ4n) is 2.74. The molecule has 1 N–H and O–H groups in total. The number of nitrogens with one attached hydrogen (secondary N) is 1. The third kappa shape index (κ3) is 4.06. The summed E-state index contributed by atoms with van der Waals surface area (Å²) in [6.45, 7) is 3.54. The first-order valence-electron chi connectivity index (χ1n) is 8.49. The fourth-order valence-corrected chi connectivity index (χ4v) is 2.74. The summed E-state index contributed by atoms with van der Waals surface area (Å²) in [5.41, 5.74) is 3.06. The van der Waals surface area contributed by atoms with Crippen LogP contribution in [0.1, 0.15) is 27.4 Å². The third-order valence-corrected chi connectivity index (χ3v) is 4.25. The van der Waals surface area contributed by atoms with Crippen molar-refractivity contribution in [3.05, 3.63) is 71.1 Å². The van der Waals surface area contributed by atoms with Crippen molar-refractivity contribution < 1.29 is 18.7 Å². The summed E-state index contributed by atoms with van der Waals surface area (Å²) < 4.78 is 10.4. The number of carbonyl (C=O) groups excluding carboxylic acids is 2. The Morgan fingerprint density at radius 3 is 2.52 bits per heavy atom. The first-order valence-corrected chi connectivity index (χ1v) is 8.49. The first-order chi connectivity index (χ1) is 13.0. The highest BCUT2D eigenvalue weighted by Crippen LogP contribution is 2.23. The highest BCUT2D eigenvalue weighted by atomic mass is 16.5. The van der Waals surface area contributed by atoms with Gasteiger partial charge in [-0.15, -0.1) is 0 Å². The van der Waals surface area contributed by atoms with E-state index >= 15 is 0 Å². The second-order valence-corrected chi connectivity index (χ2v) is 6.08. The number of hydrogen-bond donors (Lipinski definition) is 1. The molecule has 1 amide bonds. The lowest BCUT2D eigenvalue weighted by molar-refractivity contribution is -0.115. The van der Waals surface area contributed by atoms with Crippen molar-refractivity contribution in [2.75, 3.05) is 12.4 Å². The van der Waals surface area contributed by atoms with Gasteiger partial charge in [-0.25, -0.2) is 9.78 Å². The molecule has 0 fully saturated rings.